The molecule has 0 aliphatic heterocycles. The Bertz CT molecular complexity index is 763. The lowest BCUT2D eigenvalue weighted by Gasteiger charge is -2.05. The second-order valence-electron chi connectivity index (χ2n) is 4.02. The van der Waals surface area contributed by atoms with Gasteiger partial charge in [0, 0.05) is 4.88 Å². The standard InChI is InChI=1S/C12H8Cl3N3S/c13-7-3-9-10(4-8(7)14)18(12(16)17-9)5-6-1-2-11(15)19-6/h1-4H,5H2,(H2,16,17). The van der Waals surface area contributed by atoms with E-state index in [-0.39, 0.29) is 0 Å². The average Bonchev–Trinajstić information content (AvgIpc) is 2.87. The minimum Gasteiger partial charge on any atom is -0.369 e. The lowest BCUT2D eigenvalue weighted by Crippen LogP contribution is -2.03. The van der Waals surface area contributed by atoms with E-state index in [0.717, 1.165) is 20.2 Å². The van der Waals surface area contributed by atoms with Crippen molar-refractivity contribution in [3.05, 3.63) is 43.5 Å². The summed E-state index contributed by atoms with van der Waals surface area (Å²) in [6, 6.07) is 7.32. The van der Waals surface area contributed by atoms with Crippen LogP contribution in [0.15, 0.2) is 24.3 Å². The second-order valence-corrected chi connectivity index (χ2v) is 6.63. The van der Waals surface area contributed by atoms with Gasteiger partial charge in [-0.25, -0.2) is 4.98 Å². The van der Waals surface area contributed by atoms with Crippen LogP contribution in [0.5, 0.6) is 0 Å². The molecule has 3 aromatic rings. The van der Waals surface area contributed by atoms with Crippen molar-refractivity contribution in [1.29, 1.82) is 0 Å². The number of nitrogens with two attached hydrogens (primary N) is 1. The van der Waals surface area contributed by atoms with Gasteiger partial charge in [0.1, 0.15) is 0 Å². The van der Waals surface area contributed by atoms with Crippen LogP contribution in [0.2, 0.25) is 14.4 Å². The first kappa shape index (κ1) is 13.1. The number of thiophene rings is 1. The van der Waals surface area contributed by atoms with Crippen molar-refractivity contribution in [1.82, 2.24) is 9.55 Å². The predicted molar refractivity (Wildman–Crippen MR) is 82.6 cm³/mol. The SMILES string of the molecule is Nc1nc2cc(Cl)c(Cl)cc2n1Cc1ccc(Cl)s1. The summed E-state index contributed by atoms with van der Waals surface area (Å²) in [5.41, 5.74) is 7.53. The van der Waals surface area contributed by atoms with Crippen LogP contribution in [-0.2, 0) is 6.54 Å². The first-order valence-electron chi connectivity index (χ1n) is 5.39. The van der Waals surface area contributed by atoms with Crippen LogP contribution in [0.25, 0.3) is 11.0 Å². The quantitative estimate of drug-likeness (QED) is 0.740. The maximum absolute atomic E-state index is 6.04. The third-order valence-corrected chi connectivity index (χ3v) is 4.70. The van der Waals surface area contributed by atoms with Gasteiger partial charge in [-0.2, -0.15) is 0 Å². The molecular formula is C12H8Cl3N3S. The van der Waals surface area contributed by atoms with Gasteiger partial charge in [0.05, 0.1) is 32.0 Å². The zero-order chi connectivity index (χ0) is 13.6. The number of fused-ring (bicyclic) bond motifs is 1. The van der Waals surface area contributed by atoms with Gasteiger partial charge in [-0.05, 0) is 24.3 Å². The molecule has 0 aliphatic carbocycles. The van der Waals surface area contributed by atoms with Crippen molar-refractivity contribution in [3.63, 3.8) is 0 Å². The van der Waals surface area contributed by atoms with Crippen molar-refractivity contribution in [3.8, 4) is 0 Å². The van der Waals surface area contributed by atoms with E-state index in [2.05, 4.69) is 4.98 Å². The molecule has 0 amide bonds. The van der Waals surface area contributed by atoms with Crippen LogP contribution in [-0.4, -0.2) is 9.55 Å². The number of benzene rings is 1. The molecule has 7 heteroatoms. The Morgan fingerprint density at radius 1 is 1.16 bits per heavy atom. The van der Waals surface area contributed by atoms with E-state index >= 15 is 0 Å². The molecule has 98 valence electrons. The number of anilines is 1. The highest BCUT2D eigenvalue weighted by atomic mass is 35.5. The zero-order valence-electron chi connectivity index (χ0n) is 9.53. The van der Waals surface area contributed by atoms with Gasteiger partial charge in [-0.3, -0.25) is 0 Å². The molecule has 2 heterocycles. The van der Waals surface area contributed by atoms with Gasteiger partial charge < -0.3 is 10.3 Å². The molecule has 0 aliphatic rings. The average molecular weight is 333 g/mol. The molecule has 0 spiro atoms. The number of imidazole rings is 1. The Labute approximate surface area is 128 Å². The molecule has 2 N–H and O–H groups in total. The molecule has 0 fully saturated rings. The summed E-state index contributed by atoms with van der Waals surface area (Å²) in [6.45, 7) is 0.609. The highest BCUT2D eigenvalue weighted by molar-refractivity contribution is 7.16. The summed E-state index contributed by atoms with van der Waals surface area (Å²) in [5, 5.41) is 0.956. The van der Waals surface area contributed by atoms with Crippen molar-refractivity contribution in [2.24, 2.45) is 0 Å². The minimum absolute atomic E-state index is 0.429. The summed E-state index contributed by atoms with van der Waals surface area (Å²) in [7, 11) is 0. The maximum Gasteiger partial charge on any atom is 0.201 e. The Kier molecular flexibility index (Phi) is 3.35. The van der Waals surface area contributed by atoms with E-state index in [1.165, 1.54) is 11.3 Å². The molecular weight excluding hydrogens is 325 g/mol. The molecule has 0 unspecified atom stereocenters. The van der Waals surface area contributed by atoms with Crippen molar-refractivity contribution < 1.29 is 0 Å². The lowest BCUT2D eigenvalue weighted by atomic mass is 10.3. The molecule has 1 aromatic carbocycles. The zero-order valence-corrected chi connectivity index (χ0v) is 12.6. The summed E-state index contributed by atoms with van der Waals surface area (Å²) < 4.78 is 2.64. The smallest absolute Gasteiger partial charge is 0.201 e. The molecule has 0 saturated carbocycles. The van der Waals surface area contributed by atoms with E-state index in [4.69, 9.17) is 40.5 Å². The fourth-order valence-corrected chi connectivity index (χ4v) is 3.29. The van der Waals surface area contributed by atoms with E-state index in [0.29, 0.717) is 22.5 Å². The normalized spacial score (nSPS) is 11.3. The molecule has 0 radical (unpaired) electrons. The molecule has 19 heavy (non-hydrogen) atoms. The van der Waals surface area contributed by atoms with Gasteiger partial charge in [0.25, 0.3) is 0 Å². The van der Waals surface area contributed by atoms with Crippen LogP contribution in [0.3, 0.4) is 0 Å². The first-order valence-corrected chi connectivity index (χ1v) is 7.34. The van der Waals surface area contributed by atoms with Crippen molar-refractivity contribution >= 4 is 63.1 Å². The van der Waals surface area contributed by atoms with E-state index < -0.39 is 0 Å². The van der Waals surface area contributed by atoms with Crippen LogP contribution in [0.1, 0.15) is 4.88 Å². The van der Waals surface area contributed by atoms with Crippen LogP contribution < -0.4 is 5.73 Å². The molecule has 0 bridgehead atoms. The van der Waals surface area contributed by atoms with E-state index in [1.54, 1.807) is 12.1 Å². The van der Waals surface area contributed by atoms with E-state index in [1.807, 2.05) is 16.7 Å². The van der Waals surface area contributed by atoms with Crippen molar-refractivity contribution in [2.45, 2.75) is 6.54 Å². The van der Waals surface area contributed by atoms with E-state index in [9.17, 15) is 0 Å². The summed E-state index contributed by atoms with van der Waals surface area (Å²) >= 11 is 19.5. The molecule has 0 atom stereocenters. The molecule has 3 nitrogen and oxygen atoms in total. The van der Waals surface area contributed by atoms with Crippen LogP contribution >= 0.6 is 46.1 Å². The Morgan fingerprint density at radius 2 is 1.89 bits per heavy atom. The number of rotatable bonds is 2. The molecule has 2 aromatic heterocycles. The third-order valence-electron chi connectivity index (χ3n) is 2.76. The Balaban J connectivity index is 2.12. The summed E-state index contributed by atoms with van der Waals surface area (Å²) in [5.74, 6) is 0.429. The number of hydrogen-bond donors (Lipinski definition) is 1. The van der Waals surface area contributed by atoms with Crippen molar-refractivity contribution in [2.75, 3.05) is 5.73 Å². The number of nitrogen functional groups attached to an aromatic ring is 1. The minimum atomic E-state index is 0.429. The largest absolute Gasteiger partial charge is 0.369 e. The maximum atomic E-state index is 6.04. The summed E-state index contributed by atoms with van der Waals surface area (Å²) in [4.78, 5) is 5.39. The van der Waals surface area contributed by atoms with Gasteiger partial charge in [0.2, 0.25) is 5.95 Å². The third kappa shape index (κ3) is 2.41. The fraction of sp³-hybridized carbons (Fsp3) is 0.0833. The molecule has 3 rings (SSSR count). The van der Waals surface area contributed by atoms with Gasteiger partial charge >= 0.3 is 0 Å². The lowest BCUT2D eigenvalue weighted by molar-refractivity contribution is 0.853. The monoisotopic (exact) mass is 331 g/mol. The topological polar surface area (TPSA) is 43.8 Å². The second kappa shape index (κ2) is 4.87. The number of nitrogens with zero attached hydrogens (tertiary/aromatic N) is 2. The number of halogens is 3. The highest BCUT2D eigenvalue weighted by Crippen LogP contribution is 2.30. The highest BCUT2D eigenvalue weighted by Gasteiger charge is 2.12. The van der Waals surface area contributed by atoms with Gasteiger partial charge in [-0.1, -0.05) is 34.8 Å². The van der Waals surface area contributed by atoms with Crippen LogP contribution in [0.4, 0.5) is 5.95 Å². The Morgan fingerprint density at radius 3 is 2.58 bits per heavy atom. The predicted octanol–water partition coefficient (Wildman–Crippen LogP) is 4.69. The number of hydrogen-bond acceptors (Lipinski definition) is 3. The Hall–Kier alpha value is -0.940. The van der Waals surface area contributed by atoms with Crippen LogP contribution in [0, 0.1) is 0 Å². The number of aromatic nitrogens is 2. The fourth-order valence-electron chi connectivity index (χ4n) is 1.90. The molecule has 0 saturated heterocycles. The summed E-state index contributed by atoms with van der Waals surface area (Å²) in [6.07, 6.45) is 0. The van der Waals surface area contributed by atoms with Gasteiger partial charge in [0.15, 0.2) is 0 Å². The van der Waals surface area contributed by atoms with Gasteiger partial charge in [-0.15, -0.1) is 11.3 Å². The first-order chi connectivity index (χ1) is 9.04.